The second-order valence-corrected chi connectivity index (χ2v) is 4.83. The highest BCUT2D eigenvalue weighted by atomic mass is 19.4. The summed E-state index contributed by atoms with van der Waals surface area (Å²) in [6.45, 7) is 1.18. The summed E-state index contributed by atoms with van der Waals surface area (Å²) in [7, 11) is 0. The van der Waals surface area contributed by atoms with Crippen molar-refractivity contribution in [1.82, 2.24) is 5.32 Å². The Labute approximate surface area is 125 Å². The Kier molecular flexibility index (Phi) is 5.43. The maximum absolute atomic E-state index is 12.0. The van der Waals surface area contributed by atoms with Gasteiger partial charge in [0.25, 0.3) is 0 Å². The molecule has 1 unspecified atom stereocenters. The van der Waals surface area contributed by atoms with Gasteiger partial charge in [-0.3, -0.25) is 4.79 Å². The zero-order valence-corrected chi connectivity index (χ0v) is 11.7. The number of carbonyl (C=O) groups is 1. The van der Waals surface area contributed by atoms with Gasteiger partial charge in [0.2, 0.25) is 5.91 Å². The summed E-state index contributed by atoms with van der Waals surface area (Å²) >= 11 is 0. The number of hydrogen-bond acceptors (Lipinski definition) is 3. The van der Waals surface area contributed by atoms with E-state index < -0.39 is 6.36 Å². The molecule has 1 atom stereocenters. The third-order valence-electron chi connectivity index (χ3n) is 3.07. The van der Waals surface area contributed by atoms with E-state index in [1.165, 1.54) is 36.4 Å². The Morgan fingerprint density at radius 2 is 2.09 bits per heavy atom. The van der Waals surface area contributed by atoms with Crippen LogP contribution in [0.3, 0.4) is 0 Å². The van der Waals surface area contributed by atoms with E-state index in [4.69, 9.17) is 4.74 Å². The Balaban J connectivity index is 1.80. The molecule has 0 aliphatic carbocycles. The Morgan fingerprint density at radius 3 is 2.68 bits per heavy atom. The highest BCUT2D eigenvalue weighted by molar-refractivity contribution is 5.91. The lowest BCUT2D eigenvalue weighted by Crippen LogP contribution is -2.30. The molecule has 1 heterocycles. The molecule has 0 spiro atoms. The van der Waals surface area contributed by atoms with E-state index in [1.54, 1.807) is 0 Å². The van der Waals surface area contributed by atoms with E-state index in [-0.39, 0.29) is 17.8 Å². The largest absolute Gasteiger partial charge is 0.573 e. The van der Waals surface area contributed by atoms with Gasteiger partial charge in [-0.1, -0.05) is 12.1 Å². The van der Waals surface area contributed by atoms with Crippen molar-refractivity contribution in [3.8, 4) is 5.75 Å². The molecule has 0 bridgehead atoms. The molecule has 1 aromatic rings. The Morgan fingerprint density at radius 1 is 1.36 bits per heavy atom. The predicted octanol–water partition coefficient (Wildman–Crippen LogP) is 2.89. The molecule has 1 saturated heterocycles. The molecule has 1 aliphatic rings. The maximum Gasteiger partial charge on any atom is 0.573 e. The third-order valence-corrected chi connectivity index (χ3v) is 3.07. The van der Waals surface area contributed by atoms with Crippen molar-refractivity contribution in [2.75, 3.05) is 13.2 Å². The van der Waals surface area contributed by atoms with E-state index in [1.807, 2.05) is 0 Å². The van der Waals surface area contributed by atoms with Crippen molar-refractivity contribution in [2.24, 2.45) is 0 Å². The van der Waals surface area contributed by atoms with Crippen LogP contribution in [0.25, 0.3) is 6.08 Å². The minimum Gasteiger partial charge on any atom is -0.406 e. The molecule has 1 aromatic carbocycles. The van der Waals surface area contributed by atoms with Crippen LogP contribution >= 0.6 is 0 Å². The van der Waals surface area contributed by atoms with Crippen molar-refractivity contribution in [2.45, 2.75) is 25.3 Å². The Hall–Kier alpha value is -2.02. The number of nitrogens with one attached hydrogen (secondary N) is 1. The minimum absolute atomic E-state index is 0.0659. The van der Waals surface area contributed by atoms with Gasteiger partial charge in [-0.15, -0.1) is 13.2 Å². The maximum atomic E-state index is 12.0. The lowest BCUT2D eigenvalue weighted by molar-refractivity contribution is -0.274. The van der Waals surface area contributed by atoms with Crippen LogP contribution in [0.4, 0.5) is 13.2 Å². The molecule has 0 aromatic heterocycles. The highest BCUT2D eigenvalue weighted by Gasteiger charge is 2.30. The molecule has 1 amide bonds. The van der Waals surface area contributed by atoms with Crippen LogP contribution in [0.5, 0.6) is 5.75 Å². The normalized spacial score (nSPS) is 18.6. The number of carbonyl (C=O) groups excluding carboxylic acids is 1. The topological polar surface area (TPSA) is 47.6 Å². The summed E-state index contributed by atoms with van der Waals surface area (Å²) < 4.78 is 45.2. The average Bonchev–Trinajstić information content (AvgIpc) is 2.96. The SMILES string of the molecule is O=C(/C=C/c1ccc(OC(F)(F)F)cc1)NCC1CCCO1. The molecule has 0 saturated carbocycles. The summed E-state index contributed by atoms with van der Waals surface area (Å²) in [5, 5.41) is 2.71. The monoisotopic (exact) mass is 315 g/mol. The summed E-state index contributed by atoms with van der Waals surface area (Å²) in [5.41, 5.74) is 0.599. The quantitative estimate of drug-likeness (QED) is 0.850. The molecule has 0 radical (unpaired) electrons. The summed E-state index contributed by atoms with van der Waals surface area (Å²) in [6.07, 6.45) is 0.139. The van der Waals surface area contributed by atoms with Crippen LogP contribution in [0.1, 0.15) is 18.4 Å². The zero-order chi connectivity index (χ0) is 16.0. The van der Waals surface area contributed by atoms with Crippen molar-refractivity contribution in [3.63, 3.8) is 0 Å². The number of alkyl halides is 3. The van der Waals surface area contributed by atoms with Crippen LogP contribution in [0.15, 0.2) is 30.3 Å². The summed E-state index contributed by atoms with van der Waals surface area (Å²) in [6, 6.07) is 5.25. The van der Waals surface area contributed by atoms with Gasteiger partial charge in [0, 0.05) is 19.2 Å². The highest BCUT2D eigenvalue weighted by Crippen LogP contribution is 2.22. The fourth-order valence-electron chi connectivity index (χ4n) is 2.03. The van der Waals surface area contributed by atoms with Gasteiger partial charge >= 0.3 is 6.36 Å². The third kappa shape index (κ3) is 5.77. The fourth-order valence-corrected chi connectivity index (χ4v) is 2.03. The standard InChI is InChI=1S/C15H16F3NO3/c16-15(17,18)22-12-6-3-11(4-7-12)5-8-14(20)19-10-13-2-1-9-21-13/h3-8,13H,1-2,9-10H2,(H,19,20)/b8-5+. The molecular weight excluding hydrogens is 299 g/mol. The zero-order valence-electron chi connectivity index (χ0n) is 11.7. The van der Waals surface area contributed by atoms with Crippen molar-refractivity contribution < 1.29 is 27.4 Å². The second kappa shape index (κ2) is 7.31. The molecule has 2 rings (SSSR count). The van der Waals surface area contributed by atoms with Gasteiger partial charge in [0.15, 0.2) is 0 Å². The van der Waals surface area contributed by atoms with Gasteiger partial charge in [-0.2, -0.15) is 0 Å². The number of benzene rings is 1. The molecule has 22 heavy (non-hydrogen) atoms. The summed E-state index contributed by atoms with van der Waals surface area (Å²) in [5.74, 6) is -0.571. The minimum atomic E-state index is -4.71. The van der Waals surface area contributed by atoms with E-state index in [0.29, 0.717) is 12.1 Å². The van der Waals surface area contributed by atoms with Crippen molar-refractivity contribution >= 4 is 12.0 Å². The smallest absolute Gasteiger partial charge is 0.406 e. The lowest BCUT2D eigenvalue weighted by Gasteiger charge is -2.09. The van der Waals surface area contributed by atoms with Gasteiger partial charge < -0.3 is 14.8 Å². The van der Waals surface area contributed by atoms with Crippen molar-refractivity contribution in [3.05, 3.63) is 35.9 Å². The first kappa shape index (κ1) is 16.4. The lowest BCUT2D eigenvalue weighted by atomic mass is 10.2. The van der Waals surface area contributed by atoms with E-state index in [9.17, 15) is 18.0 Å². The van der Waals surface area contributed by atoms with Gasteiger partial charge in [0.1, 0.15) is 5.75 Å². The predicted molar refractivity (Wildman–Crippen MR) is 74.1 cm³/mol. The van der Waals surface area contributed by atoms with E-state index in [2.05, 4.69) is 10.1 Å². The molecule has 1 fully saturated rings. The van der Waals surface area contributed by atoms with Crippen molar-refractivity contribution in [1.29, 1.82) is 0 Å². The molecule has 4 nitrogen and oxygen atoms in total. The Bertz CT molecular complexity index is 520. The van der Waals surface area contributed by atoms with Crippen LogP contribution < -0.4 is 10.1 Å². The van der Waals surface area contributed by atoms with Crippen LogP contribution in [-0.4, -0.2) is 31.5 Å². The number of halogens is 3. The second-order valence-electron chi connectivity index (χ2n) is 4.83. The number of hydrogen-bond donors (Lipinski definition) is 1. The molecule has 1 aliphatic heterocycles. The first-order chi connectivity index (χ1) is 10.4. The molecule has 120 valence electrons. The van der Waals surface area contributed by atoms with Gasteiger partial charge in [0.05, 0.1) is 6.10 Å². The van der Waals surface area contributed by atoms with Crippen LogP contribution in [0, 0.1) is 0 Å². The van der Waals surface area contributed by atoms with Gasteiger partial charge in [-0.05, 0) is 36.6 Å². The van der Waals surface area contributed by atoms with Crippen LogP contribution in [0.2, 0.25) is 0 Å². The van der Waals surface area contributed by atoms with Crippen LogP contribution in [-0.2, 0) is 9.53 Å². The van der Waals surface area contributed by atoms with E-state index in [0.717, 1.165) is 19.4 Å². The van der Waals surface area contributed by atoms with E-state index >= 15 is 0 Å². The first-order valence-corrected chi connectivity index (χ1v) is 6.86. The summed E-state index contributed by atoms with van der Waals surface area (Å²) in [4.78, 5) is 11.6. The fraction of sp³-hybridized carbons (Fsp3) is 0.400. The number of ether oxygens (including phenoxy) is 2. The molecule has 7 heteroatoms. The number of amides is 1. The molecule has 1 N–H and O–H groups in total. The first-order valence-electron chi connectivity index (χ1n) is 6.86. The number of rotatable bonds is 5. The van der Waals surface area contributed by atoms with Gasteiger partial charge in [-0.25, -0.2) is 0 Å². The molecular formula is C15H16F3NO3. The average molecular weight is 315 g/mol.